The Morgan fingerprint density at radius 3 is 2.06 bits per heavy atom. The van der Waals surface area contributed by atoms with Crippen LogP contribution >= 0.6 is 0 Å². The molecular weight excluding hydrogens is 687 g/mol. The molecule has 0 spiro atoms. The van der Waals surface area contributed by atoms with Crippen LogP contribution in [0.25, 0.3) is 5.57 Å². The summed E-state index contributed by atoms with van der Waals surface area (Å²) in [6.45, 7) is 11.4. The van der Waals surface area contributed by atoms with E-state index in [1.54, 1.807) is 12.1 Å². The van der Waals surface area contributed by atoms with Crippen molar-refractivity contribution in [3.8, 4) is 0 Å². The third-order valence-corrected chi connectivity index (χ3v) is 12.9. The first-order valence-corrected chi connectivity index (χ1v) is 18.9. The van der Waals surface area contributed by atoms with Crippen LogP contribution in [0.5, 0.6) is 0 Å². The van der Waals surface area contributed by atoms with Gasteiger partial charge in [-0.05, 0) is 82.3 Å². The lowest BCUT2D eigenvalue weighted by atomic mass is 9.75. The fraction of sp³-hybridized carbons (Fsp3) is 0.371. The van der Waals surface area contributed by atoms with Gasteiger partial charge in [0, 0.05) is 36.1 Å². The number of carbonyl (C=O) groups is 3. The molecular formula is C35H35N3O10S2. The fourth-order valence-corrected chi connectivity index (χ4v) is 9.25. The Bertz CT molecular complexity index is 2440. The van der Waals surface area contributed by atoms with Crippen molar-refractivity contribution in [2.45, 2.75) is 93.5 Å². The Morgan fingerprint density at radius 2 is 1.48 bits per heavy atom. The summed E-state index contributed by atoms with van der Waals surface area (Å²) < 4.78 is 74.5. The normalized spacial score (nSPS) is 21.6. The highest BCUT2D eigenvalue weighted by atomic mass is 32.2. The number of amides is 2. The maximum absolute atomic E-state index is 13.3. The van der Waals surface area contributed by atoms with Crippen LogP contribution in [-0.2, 0) is 51.9 Å². The van der Waals surface area contributed by atoms with E-state index in [1.807, 2.05) is 53.7 Å². The van der Waals surface area contributed by atoms with Gasteiger partial charge < -0.3 is 10.2 Å². The lowest BCUT2D eigenvalue weighted by Crippen LogP contribution is -2.35. The van der Waals surface area contributed by atoms with E-state index in [0.717, 1.165) is 0 Å². The smallest absolute Gasteiger partial charge is 0.363 e. The van der Waals surface area contributed by atoms with Gasteiger partial charge in [-0.15, -0.1) is 5.06 Å². The number of benzene rings is 3. The quantitative estimate of drug-likeness (QED) is 0.202. The molecule has 4 aliphatic rings. The molecule has 7 rings (SSSR count). The molecule has 1 fully saturated rings. The molecule has 0 bridgehead atoms. The molecule has 1 aliphatic carbocycles. The van der Waals surface area contributed by atoms with E-state index < -0.39 is 58.6 Å². The molecule has 3 aliphatic heterocycles. The predicted octanol–water partition coefficient (Wildman–Crippen LogP) is 2.94. The number of nitrogens with zero attached hydrogens (tertiary/aromatic N) is 2. The van der Waals surface area contributed by atoms with E-state index in [2.05, 4.69) is 10.3 Å². The number of anilines is 1. The van der Waals surface area contributed by atoms with Crippen molar-refractivity contribution < 1.29 is 45.2 Å². The van der Waals surface area contributed by atoms with E-state index in [-0.39, 0.29) is 59.1 Å². The number of hydrogen-bond acceptors (Lipinski definition) is 10. The van der Waals surface area contributed by atoms with Gasteiger partial charge in [-0.1, -0.05) is 39.8 Å². The Labute approximate surface area is 288 Å². The standard InChI is InChI=1S/C35H35N3O10S2/c1-16-34(3,4)24-14-20-22(31(29(24)36-16)49(42,43)44)13-23-21(15-25-30(32(23)50(45,46)47)37-17(2)35(25,5)6)28(20)18-7-9-19(10-8-18)33(41)48-38-26(39)11-12-27(38)40/h7-10,14-17,36H,11-13H2,1-6H3,(H,42,43,44)(H,45,46,47). The van der Waals surface area contributed by atoms with Gasteiger partial charge in [-0.25, -0.2) is 4.79 Å². The molecule has 3 heterocycles. The second kappa shape index (κ2) is 10.8. The van der Waals surface area contributed by atoms with Crippen molar-refractivity contribution >= 4 is 49.3 Å². The van der Waals surface area contributed by atoms with Gasteiger partial charge in [-0.2, -0.15) is 16.8 Å². The van der Waals surface area contributed by atoms with Crippen LogP contribution in [0.2, 0.25) is 0 Å². The van der Waals surface area contributed by atoms with Crippen molar-refractivity contribution in [2.75, 3.05) is 5.32 Å². The highest BCUT2D eigenvalue weighted by Gasteiger charge is 2.44. The average molecular weight is 722 g/mol. The molecule has 1 saturated heterocycles. The minimum atomic E-state index is -4.93. The molecule has 50 heavy (non-hydrogen) atoms. The molecule has 2 amide bonds. The van der Waals surface area contributed by atoms with E-state index in [4.69, 9.17) is 4.84 Å². The number of carbonyl (C=O) groups excluding carboxylic acids is 3. The van der Waals surface area contributed by atoms with E-state index >= 15 is 0 Å². The highest BCUT2D eigenvalue weighted by molar-refractivity contribution is 7.86. The van der Waals surface area contributed by atoms with Crippen LogP contribution in [0.4, 0.5) is 5.69 Å². The topological polar surface area (TPSA) is 197 Å². The van der Waals surface area contributed by atoms with Gasteiger partial charge in [0.2, 0.25) is 0 Å². The molecule has 0 saturated carbocycles. The molecule has 0 aromatic heterocycles. The van der Waals surface area contributed by atoms with Crippen molar-refractivity contribution in [2.24, 2.45) is 4.99 Å². The lowest BCUT2D eigenvalue weighted by molar-refractivity contribution is -0.172. The number of nitrogens with one attached hydrogen (secondary N) is 1. The average Bonchev–Trinajstić information content (AvgIpc) is 3.53. The van der Waals surface area contributed by atoms with Crippen molar-refractivity contribution in [1.82, 2.24) is 5.06 Å². The summed E-state index contributed by atoms with van der Waals surface area (Å²) in [7, 11) is -9.84. The van der Waals surface area contributed by atoms with Crippen molar-refractivity contribution in [1.29, 1.82) is 0 Å². The maximum atomic E-state index is 13.3. The first-order chi connectivity index (χ1) is 23.1. The zero-order chi connectivity index (χ0) is 36.5. The van der Waals surface area contributed by atoms with Crippen LogP contribution in [0.1, 0.15) is 98.1 Å². The van der Waals surface area contributed by atoms with Gasteiger partial charge in [0.05, 0.1) is 22.6 Å². The maximum Gasteiger partial charge on any atom is 0.363 e. The predicted molar refractivity (Wildman–Crippen MR) is 179 cm³/mol. The van der Waals surface area contributed by atoms with Crippen LogP contribution in [0, 0.1) is 0 Å². The monoisotopic (exact) mass is 721 g/mol. The second-order valence-electron chi connectivity index (χ2n) is 14.4. The highest BCUT2D eigenvalue weighted by Crippen LogP contribution is 2.49. The van der Waals surface area contributed by atoms with Gasteiger partial charge in [-0.3, -0.25) is 23.7 Å². The van der Waals surface area contributed by atoms with Crippen LogP contribution in [0.15, 0.2) is 51.2 Å². The van der Waals surface area contributed by atoms with Crippen LogP contribution < -0.4 is 15.9 Å². The summed E-state index contributed by atoms with van der Waals surface area (Å²) >= 11 is 0. The second-order valence-corrected chi connectivity index (χ2v) is 17.2. The van der Waals surface area contributed by atoms with Gasteiger partial charge in [0.1, 0.15) is 9.79 Å². The Kier molecular flexibility index (Phi) is 7.34. The molecule has 3 aromatic carbocycles. The third-order valence-electron chi connectivity index (χ3n) is 10.9. The Morgan fingerprint density at radius 1 is 0.880 bits per heavy atom. The molecule has 13 nitrogen and oxygen atoms in total. The van der Waals surface area contributed by atoms with Crippen LogP contribution in [-0.4, -0.2) is 60.9 Å². The molecule has 262 valence electrons. The lowest BCUT2D eigenvalue weighted by Gasteiger charge is -2.29. The largest absolute Gasteiger partial charge is 0.380 e. The molecule has 2 unspecified atom stereocenters. The van der Waals surface area contributed by atoms with Crippen LogP contribution in [0.3, 0.4) is 0 Å². The Balaban J connectivity index is 1.56. The minimum absolute atomic E-state index is 0.00572. The summed E-state index contributed by atoms with van der Waals surface area (Å²) in [5.74, 6) is -2.22. The molecule has 3 N–H and O–H groups in total. The summed E-state index contributed by atoms with van der Waals surface area (Å²) in [6, 6.07) is 9.00. The Hall–Kier alpha value is -4.44. The van der Waals surface area contributed by atoms with E-state index in [1.165, 1.54) is 12.1 Å². The number of rotatable bonds is 5. The first kappa shape index (κ1) is 34.0. The molecule has 15 heteroatoms. The van der Waals surface area contributed by atoms with Gasteiger partial charge in [0.15, 0.2) is 0 Å². The van der Waals surface area contributed by atoms with Crippen molar-refractivity contribution in [3.63, 3.8) is 0 Å². The number of hydrogen-bond donors (Lipinski definition) is 3. The van der Waals surface area contributed by atoms with Gasteiger partial charge >= 0.3 is 5.97 Å². The number of imide groups is 1. The molecule has 0 radical (unpaired) electrons. The van der Waals surface area contributed by atoms with E-state index in [9.17, 15) is 40.3 Å². The fourth-order valence-electron chi connectivity index (χ4n) is 7.43. The van der Waals surface area contributed by atoms with Gasteiger partial charge in [0.25, 0.3) is 32.1 Å². The van der Waals surface area contributed by atoms with E-state index in [0.29, 0.717) is 38.1 Å². The summed E-state index contributed by atoms with van der Waals surface area (Å²) in [4.78, 5) is 45.9. The SMILES string of the molecule is CC1N=c2c(cc3c(c2S(=O)(=O)O)Cc2c(cc4c(c2S(=O)(=O)O)NC(C)C4(C)C)C=3c2ccc(C(=O)ON3C(=O)CCC3=O)cc2)C1(C)C. The summed E-state index contributed by atoms with van der Waals surface area (Å²) in [6.07, 6.45) is -0.413. The summed E-state index contributed by atoms with van der Waals surface area (Å²) in [5, 5.41) is 4.16. The zero-order valence-electron chi connectivity index (χ0n) is 28.1. The molecule has 2 atom stereocenters. The first-order valence-electron chi connectivity index (χ1n) is 16.0. The third kappa shape index (κ3) is 4.93. The number of hydroxylamine groups is 2. The van der Waals surface area contributed by atoms with Crippen molar-refractivity contribution in [3.05, 3.63) is 85.9 Å². The number of fused-ring (bicyclic) bond motifs is 4. The zero-order valence-corrected chi connectivity index (χ0v) is 29.7. The molecule has 3 aromatic rings. The minimum Gasteiger partial charge on any atom is -0.380 e. The summed E-state index contributed by atoms with van der Waals surface area (Å²) in [5.41, 5.74) is 1.65.